The fourth-order valence-electron chi connectivity index (χ4n) is 8.39. The summed E-state index contributed by atoms with van der Waals surface area (Å²) in [6.45, 7) is 10.9. The number of anilines is 6. The third-order valence-electron chi connectivity index (χ3n) is 11.5. The Morgan fingerprint density at radius 3 is 1.32 bits per heavy atom. The average molecular weight is 823 g/mol. The second kappa shape index (κ2) is 19.0. The summed E-state index contributed by atoms with van der Waals surface area (Å²) >= 11 is 0. The lowest BCUT2D eigenvalue weighted by Crippen LogP contribution is -2.13. The number of nitrogens with zero attached hydrogens (tertiary/aromatic N) is 2. The molecule has 312 valence electrons. The molecule has 4 nitrogen and oxygen atoms in total. The molecule has 8 rings (SSSR count). The van der Waals surface area contributed by atoms with Crippen LogP contribution in [0.2, 0.25) is 0 Å². The zero-order chi connectivity index (χ0) is 43.9. The SMILES string of the molecule is COc1ccc(/C=C/c2ccc(N(c3ccc(-c4ccc(N(c5ccc(/C=C/c6ccccc6OC)cc5)c5c(C)cc(C)cc5C)cc4)cc3)c3ccc(C)cc3C)cc2)cc1. The normalized spacial score (nSPS) is 11.3. The average Bonchev–Trinajstić information content (AvgIpc) is 3.31. The number of methoxy groups -OCH3 is 2. The second-order valence-corrected chi connectivity index (χ2v) is 16.2. The molecule has 0 aliphatic heterocycles. The molecule has 0 saturated heterocycles. The standard InChI is InChI=1S/C59H54N2O2/c1-41-12-37-57(43(3)38-41)60(52-27-16-46(17-28-52)13-14-47-20-35-56(62-6)36-21-47)53-31-23-49(24-32-53)50-25-33-55(34-26-50)61(59-44(4)39-42(2)40-45(59)5)54-29-18-48(19-30-54)15-22-51-10-8-9-11-58(51)63-7/h8-40H,1-7H3/b14-13+,22-15+. The summed E-state index contributed by atoms with van der Waals surface area (Å²) in [5, 5.41) is 0. The van der Waals surface area contributed by atoms with Gasteiger partial charge in [-0.3, -0.25) is 0 Å². The van der Waals surface area contributed by atoms with Crippen molar-refractivity contribution in [2.24, 2.45) is 0 Å². The lowest BCUT2D eigenvalue weighted by atomic mass is 10.0. The Kier molecular flexibility index (Phi) is 12.7. The summed E-state index contributed by atoms with van der Waals surface area (Å²) in [5.74, 6) is 1.71. The molecule has 0 aliphatic rings. The Morgan fingerprint density at radius 2 is 0.825 bits per heavy atom. The number of benzene rings is 8. The van der Waals surface area contributed by atoms with Crippen molar-refractivity contribution in [3.8, 4) is 22.6 Å². The molecule has 4 heteroatoms. The van der Waals surface area contributed by atoms with Crippen LogP contribution in [0.25, 0.3) is 35.4 Å². The Bertz CT molecular complexity index is 2850. The molecule has 8 aromatic carbocycles. The van der Waals surface area contributed by atoms with E-state index in [1.165, 1.54) is 33.5 Å². The van der Waals surface area contributed by atoms with Crippen LogP contribution < -0.4 is 19.3 Å². The van der Waals surface area contributed by atoms with Crippen LogP contribution in [0.3, 0.4) is 0 Å². The van der Waals surface area contributed by atoms with Gasteiger partial charge in [0.05, 0.1) is 19.9 Å². The molecule has 0 amide bonds. The van der Waals surface area contributed by atoms with Gasteiger partial charge in [-0.05, 0) is 152 Å². The third-order valence-corrected chi connectivity index (χ3v) is 11.5. The van der Waals surface area contributed by atoms with Gasteiger partial charge in [-0.15, -0.1) is 0 Å². The fraction of sp³-hybridized carbons (Fsp3) is 0.119. The van der Waals surface area contributed by atoms with E-state index in [2.05, 4.69) is 214 Å². The van der Waals surface area contributed by atoms with Gasteiger partial charge in [-0.25, -0.2) is 0 Å². The molecule has 0 atom stereocenters. The van der Waals surface area contributed by atoms with Gasteiger partial charge in [-0.2, -0.15) is 0 Å². The van der Waals surface area contributed by atoms with Crippen molar-refractivity contribution in [3.05, 3.63) is 226 Å². The monoisotopic (exact) mass is 822 g/mol. The minimum Gasteiger partial charge on any atom is -0.497 e. The zero-order valence-electron chi connectivity index (χ0n) is 37.3. The Labute approximate surface area is 373 Å². The molecule has 0 fully saturated rings. The molecule has 0 N–H and O–H groups in total. The van der Waals surface area contributed by atoms with Crippen molar-refractivity contribution in [1.82, 2.24) is 0 Å². The van der Waals surface area contributed by atoms with Crippen molar-refractivity contribution >= 4 is 58.4 Å². The molecular formula is C59H54N2O2. The highest BCUT2D eigenvalue weighted by molar-refractivity contribution is 5.84. The predicted molar refractivity (Wildman–Crippen MR) is 269 cm³/mol. The Balaban J connectivity index is 1.07. The molecule has 0 saturated carbocycles. The molecular weight excluding hydrogens is 769 g/mol. The smallest absolute Gasteiger partial charge is 0.126 e. The van der Waals surface area contributed by atoms with Gasteiger partial charge in [0.1, 0.15) is 11.5 Å². The maximum absolute atomic E-state index is 5.56. The molecule has 0 radical (unpaired) electrons. The van der Waals surface area contributed by atoms with Gasteiger partial charge in [0, 0.05) is 34.0 Å². The van der Waals surface area contributed by atoms with E-state index < -0.39 is 0 Å². The zero-order valence-corrected chi connectivity index (χ0v) is 37.3. The first kappa shape index (κ1) is 42.1. The molecule has 0 aromatic heterocycles. The van der Waals surface area contributed by atoms with Crippen molar-refractivity contribution in [2.75, 3.05) is 24.0 Å². The highest BCUT2D eigenvalue weighted by Crippen LogP contribution is 2.41. The number of rotatable bonds is 13. The van der Waals surface area contributed by atoms with Crippen LogP contribution in [-0.4, -0.2) is 14.2 Å². The summed E-state index contributed by atoms with van der Waals surface area (Å²) in [5.41, 5.74) is 19.7. The van der Waals surface area contributed by atoms with E-state index in [1.807, 2.05) is 30.3 Å². The Hall–Kier alpha value is -7.56. The van der Waals surface area contributed by atoms with Crippen LogP contribution in [0.1, 0.15) is 50.1 Å². The molecule has 8 aromatic rings. The van der Waals surface area contributed by atoms with Gasteiger partial charge in [0.2, 0.25) is 0 Å². The number of para-hydroxylation sites is 1. The summed E-state index contributed by atoms with van der Waals surface area (Å²) in [6.07, 6.45) is 8.52. The summed E-state index contributed by atoms with van der Waals surface area (Å²) in [7, 11) is 3.40. The van der Waals surface area contributed by atoms with E-state index in [4.69, 9.17) is 9.47 Å². The van der Waals surface area contributed by atoms with Crippen molar-refractivity contribution in [3.63, 3.8) is 0 Å². The number of hydrogen-bond acceptors (Lipinski definition) is 4. The quantitative estimate of drug-likeness (QED) is 0.108. The van der Waals surface area contributed by atoms with Crippen LogP contribution >= 0.6 is 0 Å². The molecule has 0 heterocycles. The molecule has 0 spiro atoms. The van der Waals surface area contributed by atoms with E-state index in [0.717, 1.165) is 73.3 Å². The summed E-state index contributed by atoms with van der Waals surface area (Å²) in [6, 6.07) is 62.8. The molecule has 63 heavy (non-hydrogen) atoms. The predicted octanol–water partition coefficient (Wildman–Crippen LogP) is 16.2. The third kappa shape index (κ3) is 9.67. The highest BCUT2D eigenvalue weighted by atomic mass is 16.5. The maximum Gasteiger partial charge on any atom is 0.126 e. The van der Waals surface area contributed by atoms with E-state index in [0.29, 0.717) is 0 Å². The van der Waals surface area contributed by atoms with Crippen LogP contribution in [0, 0.1) is 34.6 Å². The topological polar surface area (TPSA) is 24.9 Å². The maximum atomic E-state index is 5.56. The minimum atomic E-state index is 0.855. The largest absolute Gasteiger partial charge is 0.497 e. The van der Waals surface area contributed by atoms with Gasteiger partial charge in [-0.1, -0.05) is 139 Å². The van der Waals surface area contributed by atoms with Crippen molar-refractivity contribution in [2.45, 2.75) is 34.6 Å². The number of aryl methyl sites for hydroxylation is 5. The lowest BCUT2D eigenvalue weighted by molar-refractivity contribution is 0.414. The van der Waals surface area contributed by atoms with E-state index in [-0.39, 0.29) is 0 Å². The van der Waals surface area contributed by atoms with E-state index in [9.17, 15) is 0 Å². The van der Waals surface area contributed by atoms with Crippen LogP contribution in [0.5, 0.6) is 11.5 Å². The minimum absolute atomic E-state index is 0.855. The van der Waals surface area contributed by atoms with E-state index >= 15 is 0 Å². The van der Waals surface area contributed by atoms with Gasteiger partial charge in [0.25, 0.3) is 0 Å². The first-order chi connectivity index (χ1) is 30.7. The number of hydrogen-bond donors (Lipinski definition) is 0. The van der Waals surface area contributed by atoms with Crippen molar-refractivity contribution < 1.29 is 9.47 Å². The molecule has 0 unspecified atom stereocenters. The lowest BCUT2D eigenvalue weighted by Gasteiger charge is -2.29. The van der Waals surface area contributed by atoms with Gasteiger partial charge in [0.15, 0.2) is 0 Å². The summed E-state index contributed by atoms with van der Waals surface area (Å²) < 4.78 is 10.9. The van der Waals surface area contributed by atoms with Gasteiger partial charge < -0.3 is 19.3 Å². The summed E-state index contributed by atoms with van der Waals surface area (Å²) in [4.78, 5) is 4.73. The van der Waals surface area contributed by atoms with Crippen LogP contribution in [0.15, 0.2) is 176 Å². The molecule has 0 aliphatic carbocycles. The first-order valence-corrected chi connectivity index (χ1v) is 21.5. The number of ether oxygens (including phenoxy) is 2. The van der Waals surface area contributed by atoms with E-state index in [1.54, 1.807) is 14.2 Å². The fourth-order valence-corrected chi connectivity index (χ4v) is 8.39. The van der Waals surface area contributed by atoms with Crippen LogP contribution in [-0.2, 0) is 0 Å². The van der Waals surface area contributed by atoms with Gasteiger partial charge >= 0.3 is 0 Å². The second-order valence-electron chi connectivity index (χ2n) is 16.2. The highest BCUT2D eigenvalue weighted by Gasteiger charge is 2.19. The first-order valence-electron chi connectivity index (χ1n) is 21.5. The molecule has 0 bridgehead atoms. The van der Waals surface area contributed by atoms with Crippen LogP contribution in [0.4, 0.5) is 34.1 Å². The van der Waals surface area contributed by atoms with Crippen molar-refractivity contribution in [1.29, 1.82) is 0 Å². The Morgan fingerprint density at radius 1 is 0.381 bits per heavy atom.